The van der Waals surface area contributed by atoms with Crippen LogP contribution in [0.1, 0.15) is 43.5 Å². The van der Waals surface area contributed by atoms with Crippen LogP contribution in [0, 0.1) is 27.7 Å². The lowest BCUT2D eigenvalue weighted by Crippen LogP contribution is -2.09. The molecule has 0 atom stereocenters. The van der Waals surface area contributed by atoms with Crippen molar-refractivity contribution < 1.29 is 19.1 Å². The van der Waals surface area contributed by atoms with Crippen molar-refractivity contribution in [2.75, 3.05) is 25.7 Å². The van der Waals surface area contributed by atoms with Gasteiger partial charge in [-0.3, -0.25) is 10.2 Å². The zero-order valence-electron chi connectivity index (χ0n) is 24.3. The van der Waals surface area contributed by atoms with Gasteiger partial charge in [0.05, 0.1) is 37.0 Å². The number of carbonyl (C=O) groups excluding carboxylic acids is 2. The van der Waals surface area contributed by atoms with Crippen LogP contribution in [-0.2, 0) is 9.47 Å². The van der Waals surface area contributed by atoms with E-state index >= 15 is 0 Å². The van der Waals surface area contributed by atoms with Crippen LogP contribution in [0.2, 0.25) is 0 Å². The minimum atomic E-state index is -0.612. The molecule has 5 aromatic rings. The molecule has 5 heterocycles. The summed E-state index contributed by atoms with van der Waals surface area (Å²) in [4.78, 5) is 32.8. The Bertz CT molecular complexity index is 1820. The topological polar surface area (TPSA) is 273 Å². The summed E-state index contributed by atoms with van der Waals surface area (Å²) in [6.07, 6.45) is 1.28. The summed E-state index contributed by atoms with van der Waals surface area (Å²) >= 11 is 0. The Morgan fingerprint density at radius 3 is 1.50 bits per heavy atom. The number of nitrogens with two attached hydrogens (primary N) is 2. The molecule has 0 spiro atoms. The molecule has 20 nitrogen and oxygen atoms in total. The maximum Gasteiger partial charge on any atom is 0.343 e. The zero-order valence-corrected chi connectivity index (χ0v) is 24.3. The Hall–Kier alpha value is -6.34. The molecule has 0 aliphatic rings. The number of anilines is 2. The largest absolute Gasteiger partial charge is 0.465 e. The number of hydrogen-bond donors (Lipinski definition) is 4. The molecule has 0 fully saturated rings. The number of ether oxygens (including phenoxy) is 2. The molecule has 0 aromatic carbocycles. The fourth-order valence-electron chi connectivity index (χ4n) is 4.12. The van der Waals surface area contributed by atoms with E-state index in [2.05, 4.69) is 61.0 Å². The summed E-state index contributed by atoms with van der Waals surface area (Å²) in [6.45, 7) is 6.63. The third kappa shape index (κ3) is 5.10. The van der Waals surface area contributed by atoms with Crippen molar-refractivity contribution in [2.45, 2.75) is 27.7 Å². The summed E-state index contributed by atoms with van der Waals surface area (Å²) in [5.41, 5.74) is 15.2. The molecular weight excluding hydrogens is 576 g/mol. The van der Waals surface area contributed by atoms with Gasteiger partial charge in [-0.05, 0) is 27.7 Å². The molecule has 44 heavy (non-hydrogen) atoms. The lowest BCUT2D eigenvalue weighted by molar-refractivity contribution is 0.0591. The van der Waals surface area contributed by atoms with Crippen molar-refractivity contribution in [3.05, 3.63) is 46.3 Å². The lowest BCUT2D eigenvalue weighted by atomic mass is 10.2. The monoisotopic (exact) mass is 602 g/mol. The van der Waals surface area contributed by atoms with Gasteiger partial charge in [-0.1, -0.05) is 0 Å². The van der Waals surface area contributed by atoms with E-state index in [0.29, 0.717) is 22.8 Å². The number of hydrogen-bond acceptors (Lipinski definition) is 16. The molecular formula is C24H26N16O4. The number of rotatable bonds is 8. The Labute approximate surface area is 247 Å². The predicted molar refractivity (Wildman–Crippen MR) is 152 cm³/mol. The third-order valence-corrected chi connectivity index (χ3v) is 6.33. The maximum atomic E-state index is 12.1. The number of methoxy groups -OCH3 is 2. The average Bonchev–Trinajstić information content (AvgIpc) is 3.73. The molecule has 0 aliphatic carbocycles. The van der Waals surface area contributed by atoms with Crippen molar-refractivity contribution in [1.29, 1.82) is 0 Å². The van der Waals surface area contributed by atoms with Gasteiger partial charge in [0.15, 0.2) is 46.3 Å². The number of aromatic amines is 2. The molecule has 6 N–H and O–H groups in total. The van der Waals surface area contributed by atoms with E-state index in [0.717, 1.165) is 0 Å². The SMILES string of the molecule is COC(=O)c1c(C)n[nH]c1N=Nc1c(C)nn(-c2cc(-n3nc(C)c(N=Nc4[nH]nc(C)c4C(=O)OC)c3N)ncn2)c1N. The molecule has 0 unspecified atom stereocenters. The summed E-state index contributed by atoms with van der Waals surface area (Å²) in [5.74, 6) is -0.242. The second-order valence-electron chi connectivity index (χ2n) is 9.14. The number of aryl methyl sites for hydroxylation is 4. The zero-order chi connectivity index (χ0) is 31.7. The molecule has 0 saturated heterocycles. The minimum absolute atomic E-state index is 0.104. The Kier molecular flexibility index (Phi) is 7.62. The number of carbonyl (C=O) groups is 2. The van der Waals surface area contributed by atoms with Crippen LogP contribution in [0.15, 0.2) is 32.9 Å². The molecule has 0 radical (unpaired) electrons. The standard InChI is InChI=1S/C24H26N16O4/c1-9-15(23(41)43-5)21(33-29-9)35-31-17-11(3)37-39(19(17)25)13-7-14(28-8-27-13)40-20(26)18(12(4)38-40)32-36-22-16(24(42)44-6)10(2)30-34-22/h7-8H,25-26H2,1-6H3,(H,29,33)(H,30,34). The maximum absolute atomic E-state index is 12.1. The fourth-order valence-corrected chi connectivity index (χ4v) is 4.12. The van der Waals surface area contributed by atoms with Crippen LogP contribution in [0.3, 0.4) is 0 Å². The number of nitrogens with one attached hydrogen (secondary N) is 2. The van der Waals surface area contributed by atoms with E-state index in [4.69, 9.17) is 20.9 Å². The van der Waals surface area contributed by atoms with E-state index in [-0.39, 0.29) is 57.4 Å². The first kappa shape index (κ1) is 29.2. The van der Waals surface area contributed by atoms with Gasteiger partial charge in [-0.2, -0.15) is 29.8 Å². The quantitative estimate of drug-likeness (QED) is 0.147. The highest BCUT2D eigenvalue weighted by atomic mass is 16.5. The lowest BCUT2D eigenvalue weighted by Gasteiger charge is -2.06. The second-order valence-corrected chi connectivity index (χ2v) is 9.14. The number of nitrogen functional groups attached to an aromatic ring is 2. The van der Waals surface area contributed by atoms with Crippen molar-refractivity contribution in [1.82, 2.24) is 49.9 Å². The van der Waals surface area contributed by atoms with E-state index < -0.39 is 11.9 Å². The molecule has 0 amide bonds. The summed E-state index contributed by atoms with van der Waals surface area (Å²) in [7, 11) is 2.51. The first-order valence-electron chi connectivity index (χ1n) is 12.7. The second kappa shape index (κ2) is 11.5. The van der Waals surface area contributed by atoms with Gasteiger partial charge in [-0.15, -0.1) is 20.5 Å². The van der Waals surface area contributed by atoms with E-state index in [1.54, 1.807) is 33.8 Å². The molecule has 5 aromatic heterocycles. The predicted octanol–water partition coefficient (Wildman–Crippen LogP) is 3.10. The Morgan fingerprint density at radius 1 is 0.705 bits per heavy atom. The molecule has 0 bridgehead atoms. The van der Waals surface area contributed by atoms with Crippen LogP contribution in [0.4, 0.5) is 34.6 Å². The van der Waals surface area contributed by atoms with Gasteiger partial charge in [0.2, 0.25) is 0 Å². The van der Waals surface area contributed by atoms with E-state index in [1.807, 2.05) is 0 Å². The van der Waals surface area contributed by atoms with E-state index in [9.17, 15) is 9.59 Å². The highest BCUT2D eigenvalue weighted by Gasteiger charge is 2.22. The van der Waals surface area contributed by atoms with Crippen LogP contribution in [-0.4, -0.2) is 76.1 Å². The number of H-pyrrole nitrogens is 2. The van der Waals surface area contributed by atoms with Gasteiger partial charge < -0.3 is 20.9 Å². The number of esters is 2. The fraction of sp³-hybridized carbons (Fsp3) is 0.250. The smallest absolute Gasteiger partial charge is 0.343 e. The van der Waals surface area contributed by atoms with Gasteiger partial charge in [0, 0.05) is 6.07 Å². The van der Waals surface area contributed by atoms with Gasteiger partial charge in [-0.25, -0.2) is 19.6 Å². The van der Waals surface area contributed by atoms with E-state index in [1.165, 1.54) is 29.9 Å². The molecule has 0 aliphatic heterocycles. The van der Waals surface area contributed by atoms with Gasteiger partial charge >= 0.3 is 11.9 Å². The molecule has 0 saturated carbocycles. The van der Waals surface area contributed by atoms with Gasteiger partial charge in [0.25, 0.3) is 0 Å². The van der Waals surface area contributed by atoms with Crippen LogP contribution >= 0.6 is 0 Å². The third-order valence-electron chi connectivity index (χ3n) is 6.33. The average molecular weight is 603 g/mol. The van der Waals surface area contributed by atoms with Crippen molar-refractivity contribution >= 4 is 46.6 Å². The van der Waals surface area contributed by atoms with Crippen molar-refractivity contribution in [3.8, 4) is 11.6 Å². The summed E-state index contributed by atoms with van der Waals surface area (Å²) in [6, 6.07) is 1.55. The first-order valence-corrected chi connectivity index (χ1v) is 12.7. The molecule has 226 valence electrons. The highest BCUT2D eigenvalue weighted by molar-refractivity contribution is 5.95. The molecule has 5 rings (SSSR count). The van der Waals surface area contributed by atoms with Crippen LogP contribution < -0.4 is 11.5 Å². The summed E-state index contributed by atoms with van der Waals surface area (Å²) < 4.78 is 12.3. The molecule has 20 heteroatoms. The summed E-state index contributed by atoms with van der Waals surface area (Å²) in [5, 5.41) is 38.7. The first-order chi connectivity index (χ1) is 21.0. The Balaban J connectivity index is 1.46. The van der Waals surface area contributed by atoms with Crippen LogP contribution in [0.5, 0.6) is 0 Å². The van der Waals surface area contributed by atoms with Crippen molar-refractivity contribution in [2.24, 2.45) is 20.5 Å². The van der Waals surface area contributed by atoms with Crippen molar-refractivity contribution in [3.63, 3.8) is 0 Å². The normalized spacial score (nSPS) is 11.6. The van der Waals surface area contributed by atoms with Gasteiger partial charge in [0.1, 0.15) is 17.5 Å². The highest BCUT2D eigenvalue weighted by Crippen LogP contribution is 2.33. The number of aromatic nitrogens is 10. The number of nitrogens with zero attached hydrogens (tertiary/aromatic N) is 12. The Morgan fingerprint density at radius 2 is 1.11 bits per heavy atom. The number of azo groups is 2. The van der Waals surface area contributed by atoms with Crippen LogP contribution in [0.25, 0.3) is 11.6 Å². The minimum Gasteiger partial charge on any atom is -0.465 e.